The van der Waals surface area contributed by atoms with E-state index in [4.69, 9.17) is 16.1 Å². The molecule has 1 spiro atoms. The van der Waals surface area contributed by atoms with Crippen molar-refractivity contribution in [2.45, 2.75) is 44.2 Å². The molecule has 0 atom stereocenters. The summed E-state index contributed by atoms with van der Waals surface area (Å²) in [5.74, 6) is -0.950. The van der Waals surface area contributed by atoms with Gasteiger partial charge in [0.15, 0.2) is 5.69 Å². The van der Waals surface area contributed by atoms with E-state index in [1.165, 1.54) is 12.1 Å². The maximum absolute atomic E-state index is 13.7. The van der Waals surface area contributed by atoms with Gasteiger partial charge in [-0.15, -0.1) is 0 Å². The molecule has 4 aromatic rings. The number of hydrogen-bond acceptors (Lipinski definition) is 5. The summed E-state index contributed by atoms with van der Waals surface area (Å²) in [6.07, 6.45) is 2.08. The number of hydrogen-bond donors (Lipinski definition) is 1. The Balaban J connectivity index is 1.13. The zero-order valence-corrected chi connectivity index (χ0v) is 22.9. The fourth-order valence-electron chi connectivity index (χ4n) is 6.25. The Morgan fingerprint density at radius 3 is 2.48 bits per heavy atom. The molecule has 1 saturated heterocycles. The Morgan fingerprint density at radius 1 is 1.10 bits per heavy atom. The number of aromatic nitrogens is 2. The quantitative estimate of drug-likeness (QED) is 0.233. The van der Waals surface area contributed by atoms with Gasteiger partial charge in [0.05, 0.1) is 16.1 Å². The van der Waals surface area contributed by atoms with Gasteiger partial charge in [-0.3, -0.25) is 0 Å². The zero-order chi connectivity index (χ0) is 29.4. The van der Waals surface area contributed by atoms with Crippen molar-refractivity contribution in [2.75, 3.05) is 18.0 Å². The van der Waals surface area contributed by atoms with Gasteiger partial charge < -0.3 is 14.5 Å². The molecule has 216 valence electrons. The first-order valence-corrected chi connectivity index (χ1v) is 14.1. The number of carboxylic acids is 1. The third-order valence-corrected chi connectivity index (χ3v) is 8.94. The molecule has 1 N–H and O–H groups in total. The van der Waals surface area contributed by atoms with E-state index < -0.39 is 29.2 Å². The predicted molar refractivity (Wildman–Crippen MR) is 149 cm³/mol. The molecule has 2 aliphatic carbocycles. The third-order valence-electron chi connectivity index (χ3n) is 8.63. The van der Waals surface area contributed by atoms with Crippen LogP contribution in [0, 0.1) is 11.2 Å². The zero-order valence-electron chi connectivity index (χ0n) is 22.1. The van der Waals surface area contributed by atoms with Gasteiger partial charge >= 0.3 is 12.1 Å². The number of carbonyl (C=O) groups is 1. The van der Waals surface area contributed by atoms with Crippen LogP contribution in [0.2, 0.25) is 5.02 Å². The van der Waals surface area contributed by atoms with Crippen LogP contribution in [-0.2, 0) is 6.18 Å². The van der Waals surface area contributed by atoms with Crippen LogP contribution < -0.4 is 4.90 Å². The normalized spacial score (nSPS) is 18.3. The van der Waals surface area contributed by atoms with Gasteiger partial charge in [-0.1, -0.05) is 22.8 Å². The number of fused-ring (bicyclic) bond motifs is 1. The number of benzene rings is 2. The number of piperidine rings is 1. The highest BCUT2D eigenvalue weighted by Crippen LogP contribution is 2.56. The smallest absolute Gasteiger partial charge is 0.418 e. The summed E-state index contributed by atoms with van der Waals surface area (Å²) >= 11 is 6.38. The van der Waals surface area contributed by atoms with Gasteiger partial charge in [-0.05, 0) is 85.6 Å². The SMILES string of the molecule is O=C(O)c1nc2ccc(N3CCC4(C=C(c5c(-c6ccc(F)cc6Cl)noc5C5CC5)C4)CC3)cc2cc1C(F)(F)F. The van der Waals surface area contributed by atoms with Crippen LogP contribution in [-0.4, -0.2) is 34.3 Å². The first kappa shape index (κ1) is 26.9. The third kappa shape index (κ3) is 4.62. The summed E-state index contributed by atoms with van der Waals surface area (Å²) < 4.78 is 60.1. The molecule has 7 rings (SSSR count). The van der Waals surface area contributed by atoms with Crippen molar-refractivity contribution in [1.29, 1.82) is 0 Å². The fraction of sp³-hybridized carbons (Fsp3) is 0.323. The van der Waals surface area contributed by atoms with Gasteiger partial charge in [0.25, 0.3) is 0 Å². The molecule has 2 aromatic heterocycles. The summed E-state index contributed by atoms with van der Waals surface area (Å²) in [5.41, 5.74) is 2.07. The van der Waals surface area contributed by atoms with Crippen molar-refractivity contribution >= 4 is 39.7 Å². The standard InChI is InChI=1S/C31H24ClF4N3O3/c32-23-13-19(33)3-5-21(23)26-25(28(42-38-26)16-1-2-16)18-14-30(15-18)7-9-39(10-8-30)20-4-6-24-17(11-20)12-22(31(34,35)36)27(37-24)29(40)41/h3-6,11-14,16H,1-2,7-10,15H2,(H,40,41). The largest absolute Gasteiger partial charge is 0.476 e. The molecule has 11 heteroatoms. The molecule has 0 bridgehead atoms. The van der Waals surface area contributed by atoms with E-state index in [0.29, 0.717) is 30.3 Å². The Hall–Kier alpha value is -3.92. The molecule has 0 radical (unpaired) electrons. The van der Waals surface area contributed by atoms with Gasteiger partial charge in [-0.25, -0.2) is 14.2 Å². The highest BCUT2D eigenvalue weighted by Gasteiger charge is 2.44. The molecule has 3 aliphatic rings. The molecule has 2 fully saturated rings. The van der Waals surface area contributed by atoms with E-state index in [1.54, 1.807) is 24.3 Å². The Bertz CT molecular complexity index is 1790. The number of rotatable bonds is 5. The van der Waals surface area contributed by atoms with Crippen LogP contribution >= 0.6 is 11.6 Å². The van der Waals surface area contributed by atoms with Crippen molar-refractivity contribution in [3.05, 3.63) is 82.0 Å². The Kier molecular flexibility index (Phi) is 6.13. The summed E-state index contributed by atoms with van der Waals surface area (Å²) in [6.45, 7) is 1.41. The molecule has 42 heavy (non-hydrogen) atoms. The number of halogens is 5. The number of allylic oxidation sites excluding steroid dienone is 2. The van der Waals surface area contributed by atoms with Crippen molar-refractivity contribution in [2.24, 2.45) is 5.41 Å². The lowest BCUT2D eigenvalue weighted by Gasteiger charge is -2.47. The Labute approximate surface area is 242 Å². The minimum Gasteiger partial charge on any atom is -0.476 e. The molecule has 6 nitrogen and oxygen atoms in total. The van der Waals surface area contributed by atoms with E-state index in [2.05, 4.69) is 21.1 Å². The average Bonchev–Trinajstić information content (AvgIpc) is 3.69. The monoisotopic (exact) mass is 597 g/mol. The second kappa shape index (κ2) is 9.55. The van der Waals surface area contributed by atoms with E-state index >= 15 is 0 Å². The number of pyridine rings is 1. The molecule has 2 aromatic carbocycles. The van der Waals surface area contributed by atoms with Gasteiger partial charge in [0.1, 0.15) is 17.3 Å². The number of aromatic carboxylic acids is 1. The van der Waals surface area contributed by atoms with Crippen molar-refractivity contribution in [3.8, 4) is 11.3 Å². The van der Waals surface area contributed by atoms with Gasteiger partial charge in [0, 0.05) is 41.2 Å². The van der Waals surface area contributed by atoms with E-state index in [0.717, 1.165) is 60.8 Å². The molecule has 1 saturated carbocycles. The number of alkyl halides is 3. The van der Waals surface area contributed by atoms with Gasteiger partial charge in [-0.2, -0.15) is 13.2 Å². The second-order valence-corrected chi connectivity index (χ2v) is 11.8. The van der Waals surface area contributed by atoms with Crippen LogP contribution in [0.3, 0.4) is 0 Å². The van der Waals surface area contributed by atoms with Crippen LogP contribution in [0.4, 0.5) is 23.2 Å². The van der Waals surface area contributed by atoms with Crippen LogP contribution in [0.5, 0.6) is 0 Å². The number of nitrogens with zero attached hydrogens (tertiary/aromatic N) is 3. The number of anilines is 1. The molecule has 0 unspecified atom stereocenters. The molecular weight excluding hydrogens is 574 g/mol. The topological polar surface area (TPSA) is 79.5 Å². The number of carboxylic acid groups (broad SMARTS) is 1. The van der Waals surface area contributed by atoms with E-state index in [1.807, 2.05) is 0 Å². The first-order valence-electron chi connectivity index (χ1n) is 13.7. The molecular formula is C31H24ClF4N3O3. The average molecular weight is 598 g/mol. The molecule has 3 heterocycles. The minimum absolute atomic E-state index is 0.00791. The summed E-state index contributed by atoms with van der Waals surface area (Å²) in [4.78, 5) is 17.3. The second-order valence-electron chi connectivity index (χ2n) is 11.4. The van der Waals surface area contributed by atoms with Crippen molar-refractivity contribution in [3.63, 3.8) is 0 Å². The van der Waals surface area contributed by atoms with Crippen LogP contribution in [0.25, 0.3) is 27.7 Å². The lowest BCUT2D eigenvalue weighted by molar-refractivity contribution is -0.138. The fourth-order valence-corrected chi connectivity index (χ4v) is 6.51. The predicted octanol–water partition coefficient (Wildman–Crippen LogP) is 8.35. The minimum atomic E-state index is -4.83. The summed E-state index contributed by atoms with van der Waals surface area (Å²) in [6, 6.07) is 10.1. The molecule has 0 amide bonds. The van der Waals surface area contributed by atoms with Gasteiger partial charge in [0.2, 0.25) is 0 Å². The lowest BCUT2D eigenvalue weighted by atomic mass is 9.63. The van der Waals surface area contributed by atoms with Crippen molar-refractivity contribution < 1.29 is 32.0 Å². The lowest BCUT2D eigenvalue weighted by Crippen LogP contribution is -2.42. The highest BCUT2D eigenvalue weighted by molar-refractivity contribution is 6.33. The van der Waals surface area contributed by atoms with Crippen LogP contribution in [0.15, 0.2) is 53.1 Å². The van der Waals surface area contributed by atoms with Crippen molar-refractivity contribution in [1.82, 2.24) is 10.1 Å². The van der Waals surface area contributed by atoms with Crippen LogP contribution in [0.1, 0.15) is 65.4 Å². The first-order chi connectivity index (χ1) is 20.0. The maximum atomic E-state index is 13.7. The summed E-state index contributed by atoms with van der Waals surface area (Å²) in [7, 11) is 0. The summed E-state index contributed by atoms with van der Waals surface area (Å²) in [5, 5.41) is 14.1. The maximum Gasteiger partial charge on any atom is 0.418 e. The molecule has 1 aliphatic heterocycles. The Morgan fingerprint density at radius 2 is 1.83 bits per heavy atom. The highest BCUT2D eigenvalue weighted by atomic mass is 35.5. The van der Waals surface area contributed by atoms with E-state index in [-0.39, 0.29) is 21.3 Å². The van der Waals surface area contributed by atoms with E-state index in [9.17, 15) is 27.5 Å².